The van der Waals surface area contributed by atoms with E-state index in [0.29, 0.717) is 5.92 Å². The Hall–Kier alpha value is -2.80. The van der Waals surface area contributed by atoms with Gasteiger partial charge in [0.05, 0.1) is 0 Å². The van der Waals surface area contributed by atoms with E-state index in [9.17, 15) is 0 Å². The molecule has 140 valence electrons. The van der Waals surface area contributed by atoms with Crippen molar-refractivity contribution < 1.29 is 0 Å². The number of pyridine rings is 1. The summed E-state index contributed by atoms with van der Waals surface area (Å²) >= 11 is 0. The highest BCUT2D eigenvalue weighted by Gasteiger charge is 2.39. The van der Waals surface area contributed by atoms with Gasteiger partial charge in [-0.3, -0.25) is 0 Å². The molecule has 0 saturated heterocycles. The molecule has 1 N–H and O–H groups in total. The number of aromatic amines is 1. The third kappa shape index (κ3) is 2.26. The van der Waals surface area contributed by atoms with Crippen molar-refractivity contribution in [1.82, 2.24) is 4.98 Å². The zero-order chi connectivity index (χ0) is 19.6. The molecular formula is C27H27N. The molecule has 0 radical (unpaired) electrons. The maximum Gasteiger partial charge on any atom is 0.0462 e. The fourth-order valence-electron chi connectivity index (χ4n) is 5.80. The molecule has 28 heavy (non-hydrogen) atoms. The first-order valence-electron chi connectivity index (χ1n) is 10.2. The van der Waals surface area contributed by atoms with Gasteiger partial charge in [0.2, 0.25) is 0 Å². The molecular weight excluding hydrogens is 338 g/mol. The van der Waals surface area contributed by atoms with Gasteiger partial charge in [-0.2, -0.15) is 0 Å². The number of hydrogen-bond acceptors (Lipinski definition) is 0. The largest absolute Gasteiger partial charge is 0.361 e. The van der Waals surface area contributed by atoms with E-state index < -0.39 is 0 Å². The summed E-state index contributed by atoms with van der Waals surface area (Å²) in [5, 5.41) is 4.10. The number of rotatable bonds is 2. The van der Waals surface area contributed by atoms with Crippen LogP contribution in [0.15, 0.2) is 60.3 Å². The average molecular weight is 366 g/mol. The number of H-pyrrole nitrogens is 1. The predicted octanol–water partition coefficient (Wildman–Crippen LogP) is 7.42. The molecule has 5 rings (SSSR count). The van der Waals surface area contributed by atoms with E-state index >= 15 is 0 Å². The molecule has 0 spiro atoms. The Morgan fingerprint density at radius 1 is 0.857 bits per heavy atom. The van der Waals surface area contributed by atoms with Crippen LogP contribution in [0.4, 0.5) is 0 Å². The van der Waals surface area contributed by atoms with E-state index in [2.05, 4.69) is 94.2 Å². The highest BCUT2D eigenvalue weighted by molar-refractivity contribution is 6.04. The molecule has 1 aromatic heterocycles. The van der Waals surface area contributed by atoms with Crippen molar-refractivity contribution >= 4 is 27.8 Å². The van der Waals surface area contributed by atoms with Crippen LogP contribution in [0.1, 0.15) is 54.5 Å². The van der Waals surface area contributed by atoms with Crippen molar-refractivity contribution in [1.29, 1.82) is 0 Å². The lowest BCUT2D eigenvalue weighted by molar-refractivity contribution is 0.461. The first kappa shape index (κ1) is 17.3. The smallest absolute Gasteiger partial charge is 0.0462 e. The molecule has 1 nitrogen and oxygen atoms in total. The second-order valence-electron chi connectivity index (χ2n) is 8.97. The van der Waals surface area contributed by atoms with Crippen molar-refractivity contribution in [2.45, 2.75) is 46.0 Å². The summed E-state index contributed by atoms with van der Waals surface area (Å²) in [4.78, 5) is 3.45. The van der Waals surface area contributed by atoms with E-state index in [1.807, 2.05) is 6.20 Å². The Balaban J connectivity index is 1.79. The van der Waals surface area contributed by atoms with Gasteiger partial charge in [-0.15, -0.1) is 0 Å². The van der Waals surface area contributed by atoms with Gasteiger partial charge in [-0.25, -0.2) is 0 Å². The molecule has 3 aromatic carbocycles. The predicted molar refractivity (Wildman–Crippen MR) is 121 cm³/mol. The lowest BCUT2D eigenvalue weighted by Gasteiger charge is -2.35. The highest BCUT2D eigenvalue weighted by Crippen LogP contribution is 2.51. The summed E-state index contributed by atoms with van der Waals surface area (Å²) in [7, 11) is 0. The second-order valence-corrected chi connectivity index (χ2v) is 8.97. The maximum absolute atomic E-state index is 3.45. The van der Waals surface area contributed by atoms with Crippen molar-refractivity contribution in [2.24, 2.45) is 0 Å². The van der Waals surface area contributed by atoms with Crippen molar-refractivity contribution in [3.8, 4) is 0 Å². The molecule has 0 bridgehead atoms. The molecule has 1 heterocycles. The van der Waals surface area contributed by atoms with Gasteiger partial charge < -0.3 is 4.98 Å². The summed E-state index contributed by atoms with van der Waals surface area (Å²) < 4.78 is 0. The van der Waals surface area contributed by atoms with Gasteiger partial charge in [0.1, 0.15) is 0 Å². The zero-order valence-corrected chi connectivity index (χ0v) is 17.4. The molecule has 1 aliphatic rings. The van der Waals surface area contributed by atoms with Crippen LogP contribution in [-0.4, -0.2) is 4.98 Å². The zero-order valence-electron chi connectivity index (χ0n) is 17.4. The Kier molecular flexibility index (Phi) is 3.61. The third-order valence-corrected chi connectivity index (χ3v) is 6.81. The SMILES string of the molecule is CC1=Cc2ccccc2C1C(C)(C)c1c(C)cc2c(C)c3ccc[nH]c3cc12. The lowest BCUT2D eigenvalue weighted by atomic mass is 9.68. The van der Waals surface area contributed by atoms with Crippen LogP contribution < -0.4 is 0 Å². The number of aromatic nitrogens is 1. The minimum absolute atomic E-state index is 0.00785. The quantitative estimate of drug-likeness (QED) is 0.380. The van der Waals surface area contributed by atoms with E-state index in [4.69, 9.17) is 0 Å². The minimum Gasteiger partial charge on any atom is -0.361 e. The van der Waals surface area contributed by atoms with Gasteiger partial charge in [0.15, 0.2) is 0 Å². The Bertz CT molecular complexity index is 1270. The monoisotopic (exact) mass is 365 g/mol. The van der Waals surface area contributed by atoms with Gasteiger partial charge in [0, 0.05) is 28.4 Å². The molecule has 1 unspecified atom stereocenters. The van der Waals surface area contributed by atoms with Crippen LogP contribution in [0.3, 0.4) is 0 Å². The Morgan fingerprint density at radius 2 is 1.64 bits per heavy atom. The molecule has 0 aliphatic heterocycles. The molecule has 0 fully saturated rings. The number of aryl methyl sites for hydroxylation is 2. The van der Waals surface area contributed by atoms with Crippen LogP contribution in [-0.2, 0) is 5.41 Å². The fraction of sp³-hybridized carbons (Fsp3) is 0.259. The van der Waals surface area contributed by atoms with Gasteiger partial charge >= 0.3 is 0 Å². The van der Waals surface area contributed by atoms with E-state index in [0.717, 1.165) is 0 Å². The molecule has 4 aromatic rings. The Morgan fingerprint density at radius 3 is 2.46 bits per heavy atom. The summed E-state index contributed by atoms with van der Waals surface area (Å²) in [5.74, 6) is 0.406. The molecule has 1 aliphatic carbocycles. The standard InChI is InChI=1S/C27H27N/c1-16-13-19-9-6-7-10-21(19)25(16)27(4,5)26-17(2)14-22-18(3)20-11-8-12-28-24(20)15-23(22)26/h6-15,25,28H,1-5H3. The van der Waals surface area contributed by atoms with Gasteiger partial charge in [-0.1, -0.05) is 61.9 Å². The van der Waals surface area contributed by atoms with Crippen molar-refractivity contribution in [3.63, 3.8) is 0 Å². The van der Waals surface area contributed by atoms with Crippen LogP contribution in [0.5, 0.6) is 0 Å². The molecule has 1 heteroatoms. The van der Waals surface area contributed by atoms with E-state index in [1.165, 1.54) is 55.1 Å². The topological polar surface area (TPSA) is 15.8 Å². The third-order valence-electron chi connectivity index (χ3n) is 6.81. The summed E-state index contributed by atoms with van der Waals surface area (Å²) in [6.07, 6.45) is 4.39. The Labute approximate surface area is 167 Å². The summed E-state index contributed by atoms with van der Waals surface area (Å²) in [6, 6.07) is 17.9. The summed E-state index contributed by atoms with van der Waals surface area (Å²) in [6.45, 7) is 11.7. The van der Waals surface area contributed by atoms with Gasteiger partial charge in [-0.05, 0) is 71.5 Å². The number of hydrogen-bond donors (Lipinski definition) is 1. The first-order chi connectivity index (χ1) is 13.4. The summed E-state index contributed by atoms with van der Waals surface area (Å²) in [5.41, 5.74) is 9.78. The maximum atomic E-state index is 3.45. The first-order valence-corrected chi connectivity index (χ1v) is 10.2. The molecule has 0 saturated carbocycles. The number of benzene rings is 2. The van der Waals surface area contributed by atoms with Gasteiger partial charge in [0.25, 0.3) is 0 Å². The number of allylic oxidation sites excluding steroid dienone is 1. The van der Waals surface area contributed by atoms with E-state index in [1.54, 1.807) is 0 Å². The highest BCUT2D eigenvalue weighted by atomic mass is 14.6. The second kappa shape index (κ2) is 5.85. The normalized spacial score (nSPS) is 16.6. The lowest BCUT2D eigenvalue weighted by Crippen LogP contribution is -2.27. The number of nitrogens with one attached hydrogen (secondary N) is 1. The minimum atomic E-state index is 0.00785. The van der Waals surface area contributed by atoms with E-state index in [-0.39, 0.29) is 5.41 Å². The van der Waals surface area contributed by atoms with Crippen LogP contribution in [0, 0.1) is 13.8 Å². The van der Waals surface area contributed by atoms with Crippen molar-refractivity contribution in [2.75, 3.05) is 0 Å². The average Bonchev–Trinajstić information content (AvgIpc) is 3.18. The van der Waals surface area contributed by atoms with Crippen LogP contribution in [0.25, 0.3) is 27.8 Å². The molecule has 0 amide bonds. The fourth-order valence-corrected chi connectivity index (χ4v) is 5.80. The van der Waals surface area contributed by atoms with Crippen LogP contribution in [0.2, 0.25) is 0 Å². The molecule has 1 atom stereocenters. The van der Waals surface area contributed by atoms with Crippen molar-refractivity contribution in [3.05, 3.63) is 88.1 Å². The number of fused-ring (bicyclic) bond motifs is 3. The van der Waals surface area contributed by atoms with Crippen LogP contribution >= 0.6 is 0 Å².